The number of hydrogen-bond donors (Lipinski definition) is 1. The van der Waals surface area contributed by atoms with Crippen LogP contribution in [0.2, 0.25) is 15.1 Å². The number of halogens is 3. The van der Waals surface area contributed by atoms with Crippen molar-refractivity contribution in [3.8, 4) is 0 Å². The Bertz CT molecular complexity index is 855. The van der Waals surface area contributed by atoms with Gasteiger partial charge in [-0.05, 0) is 56.2 Å². The molecule has 150 valence electrons. The molecule has 0 saturated heterocycles. The van der Waals surface area contributed by atoms with E-state index in [1.165, 1.54) is 0 Å². The Hall–Kier alpha value is -1.75. The lowest BCUT2D eigenvalue weighted by molar-refractivity contribution is -0.140. The van der Waals surface area contributed by atoms with Gasteiger partial charge in [-0.15, -0.1) is 0 Å². The summed E-state index contributed by atoms with van der Waals surface area (Å²) in [5.74, 6) is -0.399. The monoisotopic (exact) mass is 440 g/mol. The molecule has 0 radical (unpaired) electrons. The van der Waals surface area contributed by atoms with E-state index < -0.39 is 6.04 Å². The van der Waals surface area contributed by atoms with Crippen LogP contribution in [-0.2, 0) is 22.6 Å². The zero-order valence-corrected chi connectivity index (χ0v) is 18.3. The van der Waals surface area contributed by atoms with E-state index in [0.29, 0.717) is 15.1 Å². The van der Waals surface area contributed by atoms with E-state index in [4.69, 9.17) is 34.8 Å². The van der Waals surface area contributed by atoms with Crippen LogP contribution < -0.4 is 5.32 Å². The molecule has 0 saturated carbocycles. The molecule has 0 spiro atoms. The predicted molar refractivity (Wildman–Crippen MR) is 115 cm³/mol. The molecule has 2 aromatic rings. The molecule has 0 aliphatic rings. The van der Waals surface area contributed by atoms with Crippen molar-refractivity contribution in [1.29, 1.82) is 0 Å². The second kappa shape index (κ2) is 10.1. The first-order chi connectivity index (χ1) is 13.2. The topological polar surface area (TPSA) is 49.4 Å². The first kappa shape index (κ1) is 22.5. The maximum absolute atomic E-state index is 13.1. The van der Waals surface area contributed by atoms with Crippen LogP contribution in [0.1, 0.15) is 31.9 Å². The van der Waals surface area contributed by atoms with Crippen molar-refractivity contribution in [2.45, 2.75) is 45.8 Å². The fourth-order valence-electron chi connectivity index (χ4n) is 2.75. The lowest BCUT2D eigenvalue weighted by atomic mass is 10.1. The third kappa shape index (κ3) is 6.40. The van der Waals surface area contributed by atoms with Crippen molar-refractivity contribution in [2.75, 3.05) is 0 Å². The first-order valence-corrected chi connectivity index (χ1v) is 10.1. The minimum absolute atomic E-state index is 0.0202. The predicted octanol–water partition coefficient (Wildman–Crippen LogP) is 5.13. The van der Waals surface area contributed by atoms with Gasteiger partial charge in [0.2, 0.25) is 11.8 Å². The minimum atomic E-state index is -0.642. The summed E-state index contributed by atoms with van der Waals surface area (Å²) in [5, 5.41) is 4.25. The van der Waals surface area contributed by atoms with Gasteiger partial charge in [-0.2, -0.15) is 0 Å². The number of hydrogen-bond acceptors (Lipinski definition) is 2. The molecule has 4 nitrogen and oxygen atoms in total. The molecule has 2 aromatic carbocycles. The fraction of sp³-hybridized carbons (Fsp3) is 0.333. The number of carbonyl (C=O) groups is 2. The molecule has 7 heteroatoms. The van der Waals surface area contributed by atoms with Gasteiger partial charge in [-0.3, -0.25) is 9.59 Å². The number of benzene rings is 2. The van der Waals surface area contributed by atoms with Crippen LogP contribution in [0.25, 0.3) is 0 Å². The summed E-state index contributed by atoms with van der Waals surface area (Å²) < 4.78 is 0. The quantitative estimate of drug-likeness (QED) is 0.647. The van der Waals surface area contributed by atoms with E-state index in [1.54, 1.807) is 42.2 Å². The maximum atomic E-state index is 13.1. The average Bonchev–Trinajstić information content (AvgIpc) is 2.61. The van der Waals surface area contributed by atoms with E-state index in [0.717, 1.165) is 11.1 Å². The highest BCUT2D eigenvalue weighted by Gasteiger charge is 2.26. The van der Waals surface area contributed by atoms with Crippen LogP contribution in [0, 0.1) is 0 Å². The summed E-state index contributed by atoms with van der Waals surface area (Å²) >= 11 is 18.1. The Labute approximate surface area is 180 Å². The van der Waals surface area contributed by atoms with Crippen molar-refractivity contribution in [2.24, 2.45) is 0 Å². The minimum Gasteiger partial charge on any atom is -0.352 e. The van der Waals surface area contributed by atoms with Crippen LogP contribution in [-0.4, -0.2) is 28.8 Å². The van der Waals surface area contributed by atoms with Crippen molar-refractivity contribution in [1.82, 2.24) is 10.2 Å². The molecule has 1 N–H and O–H groups in total. The summed E-state index contributed by atoms with van der Waals surface area (Å²) in [6.45, 7) is 5.75. The summed E-state index contributed by atoms with van der Waals surface area (Å²) in [6.07, 6.45) is 0.108. The normalized spacial score (nSPS) is 12.0. The first-order valence-electron chi connectivity index (χ1n) is 8.95. The van der Waals surface area contributed by atoms with Crippen molar-refractivity contribution in [3.63, 3.8) is 0 Å². The number of rotatable bonds is 7. The molecular formula is C21H23Cl3N2O2. The molecule has 0 unspecified atom stereocenters. The van der Waals surface area contributed by atoms with Crippen LogP contribution in [0.4, 0.5) is 0 Å². The summed E-state index contributed by atoms with van der Waals surface area (Å²) in [6, 6.07) is 11.7. The smallest absolute Gasteiger partial charge is 0.242 e. The number of amides is 2. The van der Waals surface area contributed by atoms with Gasteiger partial charge in [-0.25, -0.2) is 0 Å². The van der Waals surface area contributed by atoms with Gasteiger partial charge in [0.1, 0.15) is 6.04 Å². The molecule has 28 heavy (non-hydrogen) atoms. The summed E-state index contributed by atoms with van der Waals surface area (Å²) in [7, 11) is 0. The van der Waals surface area contributed by atoms with Crippen molar-refractivity contribution in [3.05, 3.63) is 68.7 Å². The average molecular weight is 442 g/mol. The van der Waals surface area contributed by atoms with E-state index >= 15 is 0 Å². The lowest BCUT2D eigenvalue weighted by Gasteiger charge is -2.29. The molecule has 0 aromatic heterocycles. The Morgan fingerprint density at radius 2 is 1.68 bits per heavy atom. The maximum Gasteiger partial charge on any atom is 0.242 e. The van der Waals surface area contributed by atoms with Crippen LogP contribution in [0.3, 0.4) is 0 Å². The second-order valence-electron chi connectivity index (χ2n) is 6.92. The molecule has 0 aliphatic heterocycles. The van der Waals surface area contributed by atoms with E-state index in [2.05, 4.69) is 5.32 Å². The highest BCUT2D eigenvalue weighted by Crippen LogP contribution is 2.23. The summed E-state index contributed by atoms with van der Waals surface area (Å²) in [4.78, 5) is 27.2. The fourth-order valence-corrected chi connectivity index (χ4v) is 3.28. The zero-order chi connectivity index (χ0) is 20.8. The molecular weight excluding hydrogens is 419 g/mol. The Balaban J connectivity index is 2.26. The van der Waals surface area contributed by atoms with Gasteiger partial charge in [-0.1, -0.05) is 53.0 Å². The Kier molecular flexibility index (Phi) is 8.17. The van der Waals surface area contributed by atoms with E-state index in [-0.39, 0.29) is 30.8 Å². The van der Waals surface area contributed by atoms with E-state index in [1.807, 2.05) is 26.0 Å². The second-order valence-corrected chi connectivity index (χ2v) is 8.17. The number of nitrogens with zero attached hydrogens (tertiary/aromatic N) is 1. The molecule has 0 fully saturated rings. The van der Waals surface area contributed by atoms with Gasteiger partial charge in [0.05, 0.1) is 16.5 Å². The van der Waals surface area contributed by atoms with Crippen LogP contribution >= 0.6 is 34.8 Å². The van der Waals surface area contributed by atoms with E-state index in [9.17, 15) is 9.59 Å². The third-order valence-electron chi connectivity index (χ3n) is 4.18. The number of nitrogens with one attached hydrogen (secondary N) is 1. The van der Waals surface area contributed by atoms with Gasteiger partial charge in [0, 0.05) is 17.6 Å². The highest BCUT2D eigenvalue weighted by molar-refractivity contribution is 6.42. The molecule has 0 aliphatic carbocycles. The summed E-state index contributed by atoms with van der Waals surface area (Å²) in [5.41, 5.74) is 1.58. The molecule has 2 amide bonds. The highest BCUT2D eigenvalue weighted by atomic mass is 35.5. The van der Waals surface area contributed by atoms with Crippen LogP contribution in [0.5, 0.6) is 0 Å². The van der Waals surface area contributed by atoms with Gasteiger partial charge in [0.15, 0.2) is 0 Å². The SMILES string of the molecule is CC(C)NC(=O)[C@H](C)N(Cc1cccc(Cl)c1)C(=O)Cc1ccc(Cl)c(Cl)c1. The van der Waals surface area contributed by atoms with Gasteiger partial charge < -0.3 is 10.2 Å². The molecule has 0 heterocycles. The Morgan fingerprint density at radius 3 is 2.29 bits per heavy atom. The van der Waals surface area contributed by atoms with Gasteiger partial charge in [0.25, 0.3) is 0 Å². The van der Waals surface area contributed by atoms with Crippen molar-refractivity contribution >= 4 is 46.6 Å². The molecule has 2 rings (SSSR count). The number of carbonyl (C=O) groups excluding carboxylic acids is 2. The third-order valence-corrected chi connectivity index (χ3v) is 5.15. The largest absolute Gasteiger partial charge is 0.352 e. The standard InChI is InChI=1S/C21H23Cl3N2O2/c1-13(2)25-21(28)14(3)26(12-16-5-4-6-17(22)9-16)20(27)11-15-7-8-18(23)19(24)10-15/h4-10,13-14H,11-12H2,1-3H3,(H,25,28)/t14-/m0/s1. The zero-order valence-electron chi connectivity index (χ0n) is 16.0. The lowest BCUT2D eigenvalue weighted by Crippen LogP contribution is -2.49. The Morgan fingerprint density at radius 1 is 0.964 bits per heavy atom. The van der Waals surface area contributed by atoms with Crippen molar-refractivity contribution < 1.29 is 9.59 Å². The van der Waals surface area contributed by atoms with Gasteiger partial charge >= 0.3 is 0 Å². The van der Waals surface area contributed by atoms with Crippen LogP contribution in [0.15, 0.2) is 42.5 Å². The molecule has 1 atom stereocenters. The molecule has 0 bridgehead atoms.